The lowest BCUT2D eigenvalue weighted by molar-refractivity contribution is 0.112. The quantitative estimate of drug-likeness (QED) is 0.857. The third kappa shape index (κ3) is 2.57. The first-order valence-electron chi connectivity index (χ1n) is 5.87. The Hall–Kier alpha value is -2.36. The van der Waals surface area contributed by atoms with Crippen LogP contribution < -0.4 is 4.74 Å². The van der Waals surface area contributed by atoms with E-state index in [0.29, 0.717) is 35.3 Å². The van der Waals surface area contributed by atoms with Gasteiger partial charge in [0.05, 0.1) is 17.7 Å². The molecule has 19 heavy (non-hydrogen) atoms. The van der Waals surface area contributed by atoms with Gasteiger partial charge in [0.25, 0.3) is 0 Å². The first kappa shape index (κ1) is 13.1. The number of benzene rings is 2. The van der Waals surface area contributed by atoms with Crippen LogP contribution >= 0.6 is 0 Å². The smallest absolute Gasteiger partial charge is 0.153 e. The summed E-state index contributed by atoms with van der Waals surface area (Å²) in [4.78, 5) is 11.0. The Labute approximate surface area is 110 Å². The molecule has 0 saturated carbocycles. The Morgan fingerprint density at radius 2 is 1.89 bits per heavy atom. The summed E-state index contributed by atoms with van der Waals surface area (Å²) in [5.74, 6) is -0.0718. The van der Waals surface area contributed by atoms with E-state index < -0.39 is 0 Å². The van der Waals surface area contributed by atoms with Crippen LogP contribution in [0.5, 0.6) is 11.5 Å². The summed E-state index contributed by atoms with van der Waals surface area (Å²) in [6.07, 6.45) is 0.664. The van der Waals surface area contributed by atoms with E-state index in [4.69, 9.17) is 4.74 Å². The third-order valence-corrected chi connectivity index (χ3v) is 2.71. The van der Waals surface area contributed by atoms with Gasteiger partial charge in [-0.25, -0.2) is 4.39 Å². The molecule has 2 aromatic rings. The van der Waals surface area contributed by atoms with E-state index in [2.05, 4.69) is 0 Å². The molecule has 2 aromatic carbocycles. The lowest BCUT2D eigenvalue weighted by Crippen LogP contribution is -1.99. The van der Waals surface area contributed by atoms with Crippen molar-refractivity contribution in [1.29, 1.82) is 0 Å². The first-order valence-corrected chi connectivity index (χ1v) is 5.87. The van der Waals surface area contributed by atoms with E-state index in [1.807, 2.05) is 0 Å². The molecule has 0 spiro atoms. The van der Waals surface area contributed by atoms with Gasteiger partial charge in [-0.05, 0) is 36.8 Å². The molecule has 2 rings (SSSR count). The molecule has 0 atom stereocenters. The van der Waals surface area contributed by atoms with Gasteiger partial charge >= 0.3 is 0 Å². The van der Waals surface area contributed by atoms with Crippen molar-refractivity contribution in [3.63, 3.8) is 0 Å². The minimum absolute atomic E-state index is 0.0133. The monoisotopic (exact) mass is 260 g/mol. The molecule has 0 unspecified atom stereocenters. The van der Waals surface area contributed by atoms with Gasteiger partial charge < -0.3 is 9.84 Å². The summed E-state index contributed by atoms with van der Waals surface area (Å²) in [5.41, 5.74) is 1.33. The predicted molar refractivity (Wildman–Crippen MR) is 70.1 cm³/mol. The van der Waals surface area contributed by atoms with Crippen molar-refractivity contribution in [2.24, 2.45) is 0 Å². The summed E-state index contributed by atoms with van der Waals surface area (Å²) in [5, 5.41) is 9.97. The van der Waals surface area contributed by atoms with Crippen molar-refractivity contribution in [2.75, 3.05) is 6.61 Å². The minimum Gasteiger partial charge on any atom is -0.507 e. The topological polar surface area (TPSA) is 46.5 Å². The highest BCUT2D eigenvalue weighted by atomic mass is 19.1. The van der Waals surface area contributed by atoms with Crippen molar-refractivity contribution in [3.8, 4) is 22.6 Å². The van der Waals surface area contributed by atoms with Gasteiger partial charge in [-0.1, -0.05) is 12.1 Å². The fourth-order valence-corrected chi connectivity index (χ4v) is 1.88. The normalized spacial score (nSPS) is 10.2. The van der Waals surface area contributed by atoms with Crippen molar-refractivity contribution in [1.82, 2.24) is 0 Å². The number of aromatic hydroxyl groups is 1. The molecule has 0 aliphatic heterocycles. The SMILES string of the molecule is CCOc1c(C=O)ccc(O)c1-c1ccc(F)cc1. The maximum absolute atomic E-state index is 12.9. The van der Waals surface area contributed by atoms with E-state index in [9.17, 15) is 14.3 Å². The second kappa shape index (κ2) is 5.52. The lowest BCUT2D eigenvalue weighted by atomic mass is 10.0. The minimum atomic E-state index is -0.368. The highest BCUT2D eigenvalue weighted by molar-refractivity contribution is 5.88. The van der Waals surface area contributed by atoms with Crippen LogP contribution in [0.25, 0.3) is 11.1 Å². The molecule has 0 amide bonds. The lowest BCUT2D eigenvalue weighted by Gasteiger charge is -2.14. The highest BCUT2D eigenvalue weighted by Gasteiger charge is 2.16. The predicted octanol–water partition coefficient (Wildman–Crippen LogP) is 3.41. The van der Waals surface area contributed by atoms with Gasteiger partial charge in [0.2, 0.25) is 0 Å². The zero-order valence-corrected chi connectivity index (χ0v) is 10.4. The Morgan fingerprint density at radius 3 is 2.47 bits per heavy atom. The number of phenolic OH excluding ortho intramolecular Hbond substituents is 1. The second-order valence-corrected chi connectivity index (χ2v) is 3.94. The molecule has 0 aromatic heterocycles. The molecule has 4 heteroatoms. The average Bonchev–Trinajstić information content (AvgIpc) is 2.41. The number of ether oxygens (including phenoxy) is 1. The number of rotatable bonds is 4. The van der Waals surface area contributed by atoms with E-state index in [1.54, 1.807) is 6.92 Å². The summed E-state index contributed by atoms with van der Waals surface area (Å²) in [6, 6.07) is 8.55. The van der Waals surface area contributed by atoms with Gasteiger partial charge in [-0.15, -0.1) is 0 Å². The van der Waals surface area contributed by atoms with Gasteiger partial charge in [0.1, 0.15) is 17.3 Å². The van der Waals surface area contributed by atoms with E-state index in [0.717, 1.165) is 0 Å². The molecule has 98 valence electrons. The molecular weight excluding hydrogens is 247 g/mol. The largest absolute Gasteiger partial charge is 0.507 e. The number of carbonyl (C=O) groups excluding carboxylic acids is 1. The molecule has 0 aliphatic rings. The number of aldehydes is 1. The van der Waals surface area contributed by atoms with Crippen LogP contribution in [-0.2, 0) is 0 Å². The van der Waals surface area contributed by atoms with Gasteiger partial charge in [0.15, 0.2) is 6.29 Å². The number of phenols is 1. The molecule has 0 saturated heterocycles. The zero-order chi connectivity index (χ0) is 13.8. The van der Waals surface area contributed by atoms with Crippen molar-refractivity contribution < 1.29 is 19.0 Å². The summed E-state index contributed by atoms with van der Waals surface area (Å²) >= 11 is 0. The fourth-order valence-electron chi connectivity index (χ4n) is 1.88. The van der Waals surface area contributed by atoms with Crippen LogP contribution in [0.2, 0.25) is 0 Å². The molecule has 3 nitrogen and oxygen atoms in total. The van der Waals surface area contributed by atoms with E-state index in [1.165, 1.54) is 36.4 Å². The Morgan fingerprint density at radius 1 is 1.21 bits per heavy atom. The van der Waals surface area contributed by atoms with Gasteiger partial charge in [-0.3, -0.25) is 4.79 Å². The van der Waals surface area contributed by atoms with Crippen LogP contribution in [-0.4, -0.2) is 18.0 Å². The molecule has 0 radical (unpaired) electrons. The summed E-state index contributed by atoms with van der Waals surface area (Å²) in [7, 11) is 0. The van der Waals surface area contributed by atoms with Crippen LogP contribution in [0.3, 0.4) is 0 Å². The van der Waals surface area contributed by atoms with Gasteiger partial charge in [0, 0.05) is 0 Å². The molecule has 0 fully saturated rings. The number of hydrogen-bond donors (Lipinski definition) is 1. The summed E-state index contributed by atoms with van der Waals surface area (Å²) < 4.78 is 18.4. The maximum atomic E-state index is 12.9. The van der Waals surface area contributed by atoms with Crippen molar-refractivity contribution >= 4 is 6.29 Å². The van der Waals surface area contributed by atoms with Crippen molar-refractivity contribution in [2.45, 2.75) is 6.92 Å². The van der Waals surface area contributed by atoms with Crippen LogP contribution in [0.4, 0.5) is 4.39 Å². The fraction of sp³-hybridized carbons (Fsp3) is 0.133. The van der Waals surface area contributed by atoms with Crippen LogP contribution in [0.15, 0.2) is 36.4 Å². The highest BCUT2D eigenvalue weighted by Crippen LogP contribution is 2.39. The zero-order valence-electron chi connectivity index (χ0n) is 10.4. The van der Waals surface area contributed by atoms with Crippen LogP contribution in [0.1, 0.15) is 17.3 Å². The van der Waals surface area contributed by atoms with Gasteiger partial charge in [-0.2, -0.15) is 0 Å². The second-order valence-electron chi connectivity index (χ2n) is 3.94. The maximum Gasteiger partial charge on any atom is 0.153 e. The first-order chi connectivity index (χ1) is 9.17. The molecule has 0 aliphatic carbocycles. The third-order valence-electron chi connectivity index (χ3n) is 2.71. The summed E-state index contributed by atoms with van der Waals surface area (Å²) in [6.45, 7) is 2.14. The molecule has 0 heterocycles. The molecule has 1 N–H and O–H groups in total. The Kier molecular flexibility index (Phi) is 3.80. The van der Waals surface area contributed by atoms with E-state index in [-0.39, 0.29) is 11.6 Å². The standard InChI is InChI=1S/C15H13FO3/c1-2-19-15-11(9-17)5-8-13(18)14(15)10-3-6-12(16)7-4-10/h3-9,18H,2H2,1H3. The average molecular weight is 260 g/mol. The number of carbonyl (C=O) groups is 1. The van der Waals surface area contributed by atoms with Crippen molar-refractivity contribution in [3.05, 3.63) is 47.8 Å². The number of halogens is 1. The Balaban J connectivity index is 2.65. The number of hydrogen-bond acceptors (Lipinski definition) is 3. The molecular formula is C15H13FO3. The van der Waals surface area contributed by atoms with E-state index >= 15 is 0 Å². The Bertz CT molecular complexity index is 591. The molecule has 0 bridgehead atoms. The van der Waals surface area contributed by atoms with Crippen LogP contribution in [0, 0.1) is 5.82 Å².